The predicted molar refractivity (Wildman–Crippen MR) is 60.1 cm³/mol. The van der Waals surface area contributed by atoms with E-state index in [9.17, 15) is 9.59 Å². The number of para-hydroxylation sites is 1. The number of nitrogens with zero attached hydrogens (tertiary/aromatic N) is 1. The minimum absolute atomic E-state index is 0.159. The van der Waals surface area contributed by atoms with Gasteiger partial charge in [0.2, 0.25) is 5.90 Å². The molecule has 1 heterocycles. The molecule has 0 N–H and O–H groups in total. The van der Waals surface area contributed by atoms with Gasteiger partial charge in [0.25, 0.3) is 0 Å². The molecular formula is C12H9NO4. The predicted octanol–water partition coefficient (Wildman–Crippen LogP) is 1.62. The number of hydrogen-bond acceptors (Lipinski definition) is 5. The lowest BCUT2D eigenvalue weighted by Gasteiger charge is -2.03. The first-order valence-corrected chi connectivity index (χ1v) is 4.86. The first-order valence-electron chi connectivity index (χ1n) is 4.86. The van der Waals surface area contributed by atoms with Crippen LogP contribution in [0.25, 0.3) is 0 Å². The zero-order chi connectivity index (χ0) is 12.3. The zero-order valence-electron chi connectivity index (χ0n) is 9.04. The molecule has 0 aromatic heterocycles. The highest BCUT2D eigenvalue weighted by Gasteiger charge is 2.14. The van der Waals surface area contributed by atoms with E-state index >= 15 is 0 Å². The maximum Gasteiger partial charge on any atom is 0.340 e. The van der Waals surface area contributed by atoms with Gasteiger partial charge in [0.05, 0.1) is 18.4 Å². The number of rotatable bonds is 2. The van der Waals surface area contributed by atoms with Crippen molar-refractivity contribution in [3.8, 4) is 0 Å². The van der Waals surface area contributed by atoms with Crippen LogP contribution in [-0.2, 0) is 14.3 Å². The summed E-state index contributed by atoms with van der Waals surface area (Å²) in [5, 5.41) is 0. The summed E-state index contributed by atoms with van der Waals surface area (Å²) in [5.41, 5.74) is 0.715. The molecule has 17 heavy (non-hydrogen) atoms. The highest BCUT2D eigenvalue weighted by Crippen LogP contribution is 2.20. The third-order valence-corrected chi connectivity index (χ3v) is 2.11. The molecule has 0 saturated carbocycles. The molecule has 0 amide bonds. The van der Waals surface area contributed by atoms with Gasteiger partial charge in [0, 0.05) is 12.2 Å². The monoisotopic (exact) mass is 231 g/mol. The Labute approximate surface area is 97.4 Å². The normalized spacial score (nSPS) is 16.1. The van der Waals surface area contributed by atoms with Gasteiger partial charge >= 0.3 is 11.9 Å². The van der Waals surface area contributed by atoms with Crippen LogP contribution in [0, 0.1) is 0 Å². The van der Waals surface area contributed by atoms with Crippen molar-refractivity contribution in [1.29, 1.82) is 0 Å². The van der Waals surface area contributed by atoms with Gasteiger partial charge in [0.1, 0.15) is 0 Å². The van der Waals surface area contributed by atoms with Crippen molar-refractivity contribution in [2.24, 2.45) is 4.99 Å². The Morgan fingerprint density at radius 2 is 2.06 bits per heavy atom. The fourth-order valence-corrected chi connectivity index (χ4v) is 1.34. The van der Waals surface area contributed by atoms with E-state index in [0.717, 1.165) is 0 Å². The number of carbonyl (C=O) groups excluding carboxylic acids is 2. The van der Waals surface area contributed by atoms with Crippen LogP contribution in [0.4, 0.5) is 5.69 Å². The van der Waals surface area contributed by atoms with Crippen LogP contribution >= 0.6 is 0 Å². The Bertz CT molecular complexity index is 531. The van der Waals surface area contributed by atoms with Gasteiger partial charge in [-0.1, -0.05) is 12.1 Å². The van der Waals surface area contributed by atoms with Gasteiger partial charge in [0.15, 0.2) is 0 Å². The molecule has 5 heteroatoms. The molecule has 1 aromatic carbocycles. The molecule has 1 aliphatic rings. The summed E-state index contributed by atoms with van der Waals surface area (Å²) in [4.78, 5) is 26.4. The van der Waals surface area contributed by atoms with Crippen molar-refractivity contribution in [1.82, 2.24) is 0 Å². The molecule has 1 aliphatic heterocycles. The minimum atomic E-state index is -0.488. The Balaban J connectivity index is 2.36. The number of methoxy groups -OCH3 is 1. The molecule has 5 nitrogen and oxygen atoms in total. The average molecular weight is 231 g/mol. The van der Waals surface area contributed by atoms with Crippen LogP contribution in [0.5, 0.6) is 0 Å². The lowest BCUT2D eigenvalue weighted by atomic mass is 10.2. The number of hydrogen-bond donors (Lipinski definition) is 0. The highest BCUT2D eigenvalue weighted by molar-refractivity contribution is 6.09. The van der Waals surface area contributed by atoms with Crippen molar-refractivity contribution in [3.63, 3.8) is 0 Å². The maximum atomic E-state index is 11.5. The summed E-state index contributed by atoms with van der Waals surface area (Å²) in [7, 11) is 1.29. The fourth-order valence-electron chi connectivity index (χ4n) is 1.34. The summed E-state index contributed by atoms with van der Waals surface area (Å²) in [6.45, 7) is 0. The van der Waals surface area contributed by atoms with Crippen molar-refractivity contribution in [2.75, 3.05) is 7.11 Å². The summed E-state index contributed by atoms with van der Waals surface area (Å²) in [6, 6.07) is 6.66. The number of ether oxygens (including phenoxy) is 2. The summed E-state index contributed by atoms with van der Waals surface area (Å²) >= 11 is 0. The summed E-state index contributed by atoms with van der Waals surface area (Å²) in [6.07, 6.45) is 2.70. The molecule has 0 fully saturated rings. The van der Waals surface area contributed by atoms with Gasteiger partial charge in [-0.05, 0) is 12.1 Å². The van der Waals surface area contributed by atoms with E-state index in [1.54, 1.807) is 24.3 Å². The first kappa shape index (κ1) is 11.1. The molecule has 0 spiro atoms. The summed E-state index contributed by atoms with van der Waals surface area (Å²) in [5.74, 6) is -0.802. The Hall–Kier alpha value is -2.43. The second kappa shape index (κ2) is 4.61. The number of benzene rings is 1. The molecule has 86 valence electrons. The second-order valence-electron chi connectivity index (χ2n) is 3.21. The van der Waals surface area contributed by atoms with Crippen molar-refractivity contribution >= 4 is 23.5 Å². The molecule has 2 rings (SSSR count). The molecule has 0 saturated heterocycles. The van der Waals surface area contributed by atoms with Gasteiger partial charge in [-0.15, -0.1) is 0 Å². The number of esters is 2. The van der Waals surface area contributed by atoms with Crippen LogP contribution in [-0.4, -0.2) is 24.9 Å². The number of aliphatic imine (C=N–C) groups is 1. The minimum Gasteiger partial charge on any atom is -0.465 e. The SMILES string of the molecule is COC(=O)c1ccccc1N=C1C=CC(=O)O1. The second-order valence-corrected chi connectivity index (χ2v) is 3.21. The quantitative estimate of drug-likeness (QED) is 0.725. The van der Waals surface area contributed by atoms with E-state index in [1.165, 1.54) is 19.3 Å². The highest BCUT2D eigenvalue weighted by atomic mass is 16.5. The van der Waals surface area contributed by atoms with Crippen LogP contribution in [0.3, 0.4) is 0 Å². The van der Waals surface area contributed by atoms with Gasteiger partial charge in [-0.3, -0.25) is 0 Å². The number of cyclic esters (lactones) is 1. The van der Waals surface area contributed by atoms with E-state index < -0.39 is 11.9 Å². The molecule has 0 atom stereocenters. The molecule has 1 aromatic rings. The Morgan fingerprint density at radius 3 is 2.71 bits per heavy atom. The topological polar surface area (TPSA) is 65.0 Å². The third kappa shape index (κ3) is 2.39. The Morgan fingerprint density at radius 1 is 1.29 bits per heavy atom. The molecular weight excluding hydrogens is 222 g/mol. The van der Waals surface area contributed by atoms with E-state index in [0.29, 0.717) is 11.3 Å². The molecule has 0 radical (unpaired) electrons. The van der Waals surface area contributed by atoms with Crippen LogP contribution in [0.15, 0.2) is 41.4 Å². The van der Waals surface area contributed by atoms with Gasteiger partial charge in [-0.25, -0.2) is 14.6 Å². The molecule has 0 bridgehead atoms. The largest absolute Gasteiger partial charge is 0.465 e. The smallest absolute Gasteiger partial charge is 0.340 e. The van der Waals surface area contributed by atoms with Crippen LogP contribution in [0.2, 0.25) is 0 Å². The van der Waals surface area contributed by atoms with Gasteiger partial charge in [-0.2, -0.15) is 0 Å². The first-order chi connectivity index (χ1) is 8.20. The lowest BCUT2D eigenvalue weighted by molar-refractivity contribution is -0.129. The average Bonchev–Trinajstić information content (AvgIpc) is 2.74. The van der Waals surface area contributed by atoms with E-state index in [1.807, 2.05) is 0 Å². The van der Waals surface area contributed by atoms with Crippen LogP contribution < -0.4 is 0 Å². The maximum absolute atomic E-state index is 11.5. The number of carbonyl (C=O) groups is 2. The lowest BCUT2D eigenvalue weighted by Crippen LogP contribution is -2.03. The Kier molecular flexibility index (Phi) is 3.00. The summed E-state index contributed by atoms with van der Waals surface area (Å²) < 4.78 is 9.41. The molecule has 0 aliphatic carbocycles. The zero-order valence-corrected chi connectivity index (χ0v) is 9.04. The van der Waals surface area contributed by atoms with Crippen molar-refractivity contribution < 1.29 is 19.1 Å². The van der Waals surface area contributed by atoms with E-state index in [2.05, 4.69) is 9.73 Å². The standard InChI is InChI=1S/C12H9NO4/c1-16-12(15)8-4-2-3-5-9(8)13-10-6-7-11(14)17-10/h2-7H,1H3. The van der Waals surface area contributed by atoms with Crippen LogP contribution in [0.1, 0.15) is 10.4 Å². The van der Waals surface area contributed by atoms with Crippen molar-refractivity contribution in [3.05, 3.63) is 42.0 Å². The van der Waals surface area contributed by atoms with Crippen molar-refractivity contribution in [2.45, 2.75) is 0 Å². The van der Waals surface area contributed by atoms with Gasteiger partial charge < -0.3 is 9.47 Å². The van der Waals surface area contributed by atoms with E-state index in [-0.39, 0.29) is 5.90 Å². The third-order valence-electron chi connectivity index (χ3n) is 2.11. The van der Waals surface area contributed by atoms with E-state index in [4.69, 9.17) is 4.74 Å². The molecule has 0 unspecified atom stereocenters. The fraction of sp³-hybridized carbons (Fsp3) is 0.0833.